The fourth-order valence-corrected chi connectivity index (χ4v) is 1.63. The third-order valence-electron chi connectivity index (χ3n) is 2.38. The maximum absolute atomic E-state index is 8.64. The minimum Gasteiger partial charge on any atom is -0.396 e. The van der Waals surface area contributed by atoms with Crippen LogP contribution in [0, 0.1) is 5.92 Å². The van der Waals surface area contributed by atoms with Gasteiger partial charge in [0, 0.05) is 12.6 Å². The van der Waals surface area contributed by atoms with Crippen molar-refractivity contribution in [3.8, 4) is 0 Å². The van der Waals surface area contributed by atoms with Crippen LogP contribution in [0.25, 0.3) is 0 Å². The van der Waals surface area contributed by atoms with Gasteiger partial charge in [-0.05, 0) is 38.0 Å². The summed E-state index contributed by atoms with van der Waals surface area (Å²) >= 11 is 0. The van der Waals surface area contributed by atoms with Gasteiger partial charge in [0.1, 0.15) is 0 Å². The first-order chi connectivity index (χ1) is 4.83. The molecule has 1 radical (unpaired) electrons. The zero-order valence-corrected chi connectivity index (χ0v) is 6.34. The van der Waals surface area contributed by atoms with Crippen molar-refractivity contribution >= 4 is 0 Å². The molecule has 2 nitrogen and oxygen atoms in total. The summed E-state index contributed by atoms with van der Waals surface area (Å²) in [5, 5.41) is 8.64. The van der Waals surface area contributed by atoms with Crippen LogP contribution in [-0.4, -0.2) is 17.8 Å². The van der Waals surface area contributed by atoms with E-state index in [4.69, 9.17) is 10.8 Å². The molecule has 0 unspecified atom stereocenters. The Labute approximate surface area is 62.4 Å². The molecule has 0 saturated heterocycles. The molecule has 0 heterocycles. The second-order valence-electron chi connectivity index (χ2n) is 3.23. The van der Waals surface area contributed by atoms with Gasteiger partial charge in [0.2, 0.25) is 0 Å². The SMILES string of the molecule is [NH][C@H]1CC[C@@H](CCO)CC1. The number of rotatable bonds is 2. The van der Waals surface area contributed by atoms with Crippen molar-refractivity contribution in [3.05, 3.63) is 0 Å². The zero-order valence-electron chi connectivity index (χ0n) is 6.34. The van der Waals surface area contributed by atoms with E-state index in [1.54, 1.807) is 0 Å². The average molecular weight is 142 g/mol. The van der Waals surface area contributed by atoms with E-state index in [0.29, 0.717) is 12.5 Å². The van der Waals surface area contributed by atoms with E-state index < -0.39 is 0 Å². The quantitative estimate of drug-likeness (QED) is 0.618. The van der Waals surface area contributed by atoms with Crippen molar-refractivity contribution in [2.75, 3.05) is 6.61 Å². The van der Waals surface area contributed by atoms with Crippen LogP contribution in [0.5, 0.6) is 0 Å². The van der Waals surface area contributed by atoms with Crippen molar-refractivity contribution in [2.45, 2.75) is 38.1 Å². The molecular weight excluding hydrogens is 126 g/mol. The summed E-state index contributed by atoms with van der Waals surface area (Å²) in [7, 11) is 0. The molecule has 1 aliphatic rings. The van der Waals surface area contributed by atoms with Gasteiger partial charge < -0.3 is 5.11 Å². The van der Waals surface area contributed by atoms with E-state index in [2.05, 4.69) is 0 Å². The number of nitrogens with one attached hydrogen (secondary N) is 1. The fourth-order valence-electron chi connectivity index (χ4n) is 1.63. The number of aliphatic hydroxyl groups excluding tert-OH is 1. The van der Waals surface area contributed by atoms with Gasteiger partial charge in [-0.1, -0.05) is 0 Å². The van der Waals surface area contributed by atoms with Crippen molar-refractivity contribution in [1.82, 2.24) is 5.73 Å². The first-order valence-electron chi connectivity index (χ1n) is 4.15. The molecule has 10 heavy (non-hydrogen) atoms. The Morgan fingerprint density at radius 2 is 1.80 bits per heavy atom. The van der Waals surface area contributed by atoms with Crippen molar-refractivity contribution in [3.63, 3.8) is 0 Å². The summed E-state index contributed by atoms with van der Waals surface area (Å²) in [6.45, 7) is 0.327. The monoisotopic (exact) mass is 142 g/mol. The van der Waals surface area contributed by atoms with Crippen LogP contribution in [0.15, 0.2) is 0 Å². The second kappa shape index (κ2) is 3.94. The third-order valence-corrected chi connectivity index (χ3v) is 2.38. The van der Waals surface area contributed by atoms with Gasteiger partial charge in [-0.25, -0.2) is 0 Å². The van der Waals surface area contributed by atoms with Crippen LogP contribution >= 0.6 is 0 Å². The molecule has 1 fully saturated rings. The minimum atomic E-state index is 0.190. The van der Waals surface area contributed by atoms with Crippen molar-refractivity contribution in [2.24, 2.45) is 5.92 Å². The van der Waals surface area contributed by atoms with Gasteiger partial charge in [-0.2, -0.15) is 0 Å². The summed E-state index contributed by atoms with van der Waals surface area (Å²) in [5.74, 6) is 0.714. The normalized spacial score (nSPS) is 34.2. The molecule has 2 heteroatoms. The Morgan fingerprint density at radius 1 is 1.20 bits per heavy atom. The third kappa shape index (κ3) is 2.27. The lowest BCUT2D eigenvalue weighted by molar-refractivity contribution is 0.221. The molecule has 59 valence electrons. The lowest BCUT2D eigenvalue weighted by Gasteiger charge is -2.24. The molecule has 0 spiro atoms. The highest BCUT2D eigenvalue weighted by atomic mass is 16.3. The van der Waals surface area contributed by atoms with E-state index in [9.17, 15) is 0 Å². The maximum Gasteiger partial charge on any atom is 0.0433 e. The van der Waals surface area contributed by atoms with Gasteiger partial charge in [0.05, 0.1) is 0 Å². The van der Waals surface area contributed by atoms with Crippen molar-refractivity contribution in [1.29, 1.82) is 0 Å². The topological polar surface area (TPSA) is 44.0 Å². The van der Waals surface area contributed by atoms with E-state index in [0.717, 1.165) is 32.1 Å². The maximum atomic E-state index is 8.64. The van der Waals surface area contributed by atoms with Gasteiger partial charge in [0.25, 0.3) is 0 Å². The molecule has 0 amide bonds. The Hall–Kier alpha value is -0.0800. The van der Waals surface area contributed by atoms with E-state index in [1.807, 2.05) is 0 Å². The van der Waals surface area contributed by atoms with Crippen LogP contribution in [0.4, 0.5) is 0 Å². The summed E-state index contributed by atoms with van der Waals surface area (Å²) in [6.07, 6.45) is 5.37. The molecule has 1 aliphatic carbocycles. The summed E-state index contributed by atoms with van der Waals surface area (Å²) < 4.78 is 0. The largest absolute Gasteiger partial charge is 0.396 e. The summed E-state index contributed by atoms with van der Waals surface area (Å²) in [6, 6.07) is 0.190. The lowest BCUT2D eigenvalue weighted by atomic mass is 9.85. The standard InChI is InChI=1S/C8H16NO/c9-8-3-1-7(2-4-8)5-6-10/h7-10H,1-6H2/t7-,8+. The highest BCUT2D eigenvalue weighted by Crippen LogP contribution is 2.25. The highest BCUT2D eigenvalue weighted by Gasteiger charge is 2.17. The van der Waals surface area contributed by atoms with Crippen LogP contribution in [0.3, 0.4) is 0 Å². The summed E-state index contributed by atoms with van der Waals surface area (Å²) in [5.41, 5.74) is 7.43. The molecule has 0 aromatic rings. The zero-order chi connectivity index (χ0) is 7.40. The molecule has 0 aromatic heterocycles. The molecular formula is C8H16NO. The van der Waals surface area contributed by atoms with Gasteiger partial charge in [0.15, 0.2) is 0 Å². The van der Waals surface area contributed by atoms with Gasteiger partial charge in [-0.15, -0.1) is 0 Å². The lowest BCUT2D eigenvalue weighted by Crippen LogP contribution is -2.20. The van der Waals surface area contributed by atoms with E-state index in [-0.39, 0.29) is 6.04 Å². The van der Waals surface area contributed by atoms with Crippen molar-refractivity contribution < 1.29 is 5.11 Å². The number of hydrogen-bond donors (Lipinski definition) is 1. The second-order valence-corrected chi connectivity index (χ2v) is 3.23. The smallest absolute Gasteiger partial charge is 0.0433 e. The Balaban J connectivity index is 2.13. The van der Waals surface area contributed by atoms with Crippen LogP contribution < -0.4 is 5.73 Å². The predicted molar refractivity (Wildman–Crippen MR) is 40.5 cm³/mol. The number of hydrogen-bond acceptors (Lipinski definition) is 1. The van der Waals surface area contributed by atoms with Gasteiger partial charge in [-0.3, -0.25) is 5.73 Å². The molecule has 0 bridgehead atoms. The molecule has 0 aromatic carbocycles. The van der Waals surface area contributed by atoms with E-state index >= 15 is 0 Å². The average Bonchev–Trinajstić information content (AvgIpc) is 1.95. The molecule has 0 atom stereocenters. The minimum absolute atomic E-state index is 0.190. The van der Waals surface area contributed by atoms with Gasteiger partial charge >= 0.3 is 0 Å². The highest BCUT2D eigenvalue weighted by molar-refractivity contribution is 4.73. The van der Waals surface area contributed by atoms with Crippen LogP contribution in [0.2, 0.25) is 0 Å². The fraction of sp³-hybridized carbons (Fsp3) is 1.00. The predicted octanol–water partition coefficient (Wildman–Crippen LogP) is 1.21. The Bertz CT molecular complexity index is 87.3. The Morgan fingerprint density at radius 3 is 2.30 bits per heavy atom. The van der Waals surface area contributed by atoms with Crippen LogP contribution in [-0.2, 0) is 0 Å². The molecule has 2 N–H and O–H groups in total. The molecule has 1 saturated carbocycles. The van der Waals surface area contributed by atoms with E-state index in [1.165, 1.54) is 0 Å². The Kier molecular flexibility index (Phi) is 3.16. The molecule has 0 aliphatic heterocycles. The summed E-state index contributed by atoms with van der Waals surface area (Å²) in [4.78, 5) is 0. The first kappa shape index (κ1) is 8.02. The number of aliphatic hydroxyl groups is 1. The van der Waals surface area contributed by atoms with Crippen LogP contribution in [0.1, 0.15) is 32.1 Å². The molecule has 1 rings (SSSR count). The first-order valence-corrected chi connectivity index (χ1v) is 4.15.